The highest BCUT2D eigenvalue weighted by molar-refractivity contribution is 6.09. The van der Waals surface area contributed by atoms with Gasteiger partial charge in [-0.25, -0.2) is 0 Å². The Hall–Kier alpha value is -5.14. The molecule has 1 heterocycles. The number of benzene rings is 6. The lowest BCUT2D eigenvalue weighted by molar-refractivity contribution is 0.792. The van der Waals surface area contributed by atoms with Gasteiger partial charge in [0.2, 0.25) is 0 Å². The van der Waals surface area contributed by atoms with Crippen LogP contribution in [0.1, 0.15) is 34.7 Å². The van der Waals surface area contributed by atoms with Crippen LogP contribution in [0.25, 0.3) is 55.3 Å². The average molecular weight is 522 g/mol. The molecule has 2 aliphatic rings. The SMILES string of the molecule is C=C(C)c1ccc2c(c1)[C@]1(c3ccccc3-2)c2ccccc2-c2ccc(-n3c4ccccc4c4ccccc43)cc21. The van der Waals surface area contributed by atoms with Gasteiger partial charge in [0.05, 0.1) is 16.4 Å². The van der Waals surface area contributed by atoms with Crippen LogP contribution in [-0.4, -0.2) is 4.57 Å². The van der Waals surface area contributed by atoms with Gasteiger partial charge in [-0.1, -0.05) is 115 Å². The maximum atomic E-state index is 4.31. The lowest BCUT2D eigenvalue weighted by Gasteiger charge is -2.31. The highest BCUT2D eigenvalue weighted by atomic mass is 15.0. The van der Waals surface area contributed by atoms with E-state index in [1.165, 1.54) is 77.6 Å². The summed E-state index contributed by atoms with van der Waals surface area (Å²) in [5.74, 6) is 0. The first-order valence-corrected chi connectivity index (χ1v) is 14.3. The molecule has 0 aliphatic heterocycles. The molecule has 9 rings (SSSR count). The van der Waals surface area contributed by atoms with Gasteiger partial charge in [0, 0.05) is 16.5 Å². The van der Waals surface area contributed by atoms with Gasteiger partial charge in [0.15, 0.2) is 0 Å². The summed E-state index contributed by atoms with van der Waals surface area (Å²) in [6.07, 6.45) is 0. The molecule has 1 aromatic heterocycles. The third-order valence-electron chi connectivity index (χ3n) is 9.40. The number of para-hydroxylation sites is 2. The first-order chi connectivity index (χ1) is 20.2. The van der Waals surface area contributed by atoms with Crippen molar-refractivity contribution < 1.29 is 0 Å². The van der Waals surface area contributed by atoms with E-state index in [-0.39, 0.29) is 0 Å². The average Bonchev–Trinajstić information content (AvgIpc) is 3.62. The third-order valence-corrected chi connectivity index (χ3v) is 9.40. The van der Waals surface area contributed by atoms with E-state index in [0.717, 1.165) is 5.57 Å². The fraction of sp³-hybridized carbons (Fsp3) is 0.0500. The quantitative estimate of drug-likeness (QED) is 0.213. The van der Waals surface area contributed by atoms with Crippen LogP contribution in [0.2, 0.25) is 0 Å². The summed E-state index contributed by atoms with van der Waals surface area (Å²) in [6.45, 7) is 6.41. The van der Waals surface area contributed by atoms with E-state index in [2.05, 4.69) is 152 Å². The minimum Gasteiger partial charge on any atom is -0.309 e. The van der Waals surface area contributed by atoms with E-state index in [9.17, 15) is 0 Å². The molecule has 1 spiro atoms. The molecule has 0 amide bonds. The Balaban J connectivity index is 1.43. The van der Waals surface area contributed by atoms with Gasteiger partial charge < -0.3 is 4.57 Å². The van der Waals surface area contributed by atoms with Crippen LogP contribution < -0.4 is 0 Å². The highest BCUT2D eigenvalue weighted by Gasteiger charge is 2.51. The highest BCUT2D eigenvalue weighted by Crippen LogP contribution is 2.63. The summed E-state index contributed by atoms with van der Waals surface area (Å²) in [5.41, 5.74) is 16.2. The molecular weight excluding hydrogens is 494 g/mol. The van der Waals surface area contributed by atoms with Crippen molar-refractivity contribution in [3.05, 3.63) is 168 Å². The molecule has 0 saturated carbocycles. The number of rotatable bonds is 2. The lowest BCUT2D eigenvalue weighted by Crippen LogP contribution is -2.26. The second-order valence-corrected chi connectivity index (χ2v) is 11.5. The lowest BCUT2D eigenvalue weighted by atomic mass is 9.70. The van der Waals surface area contributed by atoms with Gasteiger partial charge >= 0.3 is 0 Å². The Morgan fingerprint density at radius 3 is 1.61 bits per heavy atom. The predicted octanol–water partition coefficient (Wildman–Crippen LogP) is 10.2. The standard InChI is InChI=1S/C40H27N/c1-25(2)26-19-21-30-28-11-3-7-15-34(28)40(36(30)23-26)35-16-8-4-12-29(35)31-22-20-27(24-37(31)40)41-38-17-9-5-13-32(38)33-14-6-10-18-39(33)41/h3-24H,1H2,2H3/t40-/m0/s1. The Bertz CT molecular complexity index is 2180. The van der Waals surface area contributed by atoms with Crippen LogP contribution in [-0.2, 0) is 5.41 Å². The van der Waals surface area contributed by atoms with Crippen LogP contribution in [0, 0.1) is 0 Å². The Labute approximate surface area is 239 Å². The van der Waals surface area contributed by atoms with E-state index < -0.39 is 5.41 Å². The summed E-state index contributed by atoms with van der Waals surface area (Å²) >= 11 is 0. The van der Waals surface area contributed by atoms with Gasteiger partial charge in [0.1, 0.15) is 0 Å². The van der Waals surface area contributed by atoms with Crippen molar-refractivity contribution in [3.63, 3.8) is 0 Å². The molecule has 1 atom stereocenters. The van der Waals surface area contributed by atoms with Crippen molar-refractivity contribution in [2.75, 3.05) is 0 Å². The van der Waals surface area contributed by atoms with Gasteiger partial charge in [-0.3, -0.25) is 0 Å². The third kappa shape index (κ3) is 2.76. The molecule has 7 aromatic rings. The predicted molar refractivity (Wildman–Crippen MR) is 172 cm³/mol. The number of nitrogens with zero attached hydrogens (tertiary/aromatic N) is 1. The summed E-state index contributed by atoms with van der Waals surface area (Å²) in [6, 6.07) is 49.6. The summed E-state index contributed by atoms with van der Waals surface area (Å²) in [4.78, 5) is 0. The van der Waals surface area contributed by atoms with Gasteiger partial charge in [-0.05, 0) is 87.3 Å². The topological polar surface area (TPSA) is 4.93 Å². The maximum Gasteiger partial charge on any atom is 0.0726 e. The van der Waals surface area contributed by atoms with E-state index in [1.54, 1.807) is 0 Å². The Morgan fingerprint density at radius 2 is 1.00 bits per heavy atom. The first kappa shape index (κ1) is 22.7. The molecule has 1 heteroatoms. The van der Waals surface area contributed by atoms with E-state index >= 15 is 0 Å². The van der Waals surface area contributed by atoms with E-state index in [4.69, 9.17) is 0 Å². The molecule has 2 aliphatic carbocycles. The molecule has 6 aromatic carbocycles. The van der Waals surface area contributed by atoms with Crippen molar-refractivity contribution >= 4 is 27.4 Å². The fourth-order valence-electron chi connectivity index (χ4n) is 7.73. The van der Waals surface area contributed by atoms with Crippen LogP contribution in [0.15, 0.2) is 140 Å². The largest absolute Gasteiger partial charge is 0.309 e. The zero-order valence-electron chi connectivity index (χ0n) is 22.9. The number of fused-ring (bicyclic) bond motifs is 13. The Morgan fingerprint density at radius 1 is 0.512 bits per heavy atom. The molecule has 41 heavy (non-hydrogen) atoms. The molecule has 0 bridgehead atoms. The maximum absolute atomic E-state index is 4.31. The molecule has 0 N–H and O–H groups in total. The molecule has 1 nitrogen and oxygen atoms in total. The first-order valence-electron chi connectivity index (χ1n) is 14.3. The van der Waals surface area contributed by atoms with Crippen molar-refractivity contribution in [1.82, 2.24) is 4.57 Å². The van der Waals surface area contributed by atoms with Crippen LogP contribution in [0.5, 0.6) is 0 Å². The zero-order chi connectivity index (χ0) is 27.3. The van der Waals surface area contributed by atoms with E-state index in [0.29, 0.717) is 0 Å². The molecule has 0 unspecified atom stereocenters. The molecule has 0 saturated heterocycles. The minimum atomic E-state index is -0.391. The number of aromatic nitrogens is 1. The van der Waals surface area contributed by atoms with Crippen LogP contribution >= 0.6 is 0 Å². The minimum absolute atomic E-state index is 0.391. The van der Waals surface area contributed by atoms with Gasteiger partial charge in [0.25, 0.3) is 0 Å². The summed E-state index contributed by atoms with van der Waals surface area (Å²) < 4.78 is 2.44. The van der Waals surface area contributed by atoms with Crippen molar-refractivity contribution in [2.45, 2.75) is 12.3 Å². The smallest absolute Gasteiger partial charge is 0.0726 e. The molecule has 0 radical (unpaired) electrons. The summed E-state index contributed by atoms with van der Waals surface area (Å²) in [5, 5.41) is 2.56. The van der Waals surface area contributed by atoms with Crippen molar-refractivity contribution in [3.8, 4) is 27.9 Å². The number of allylic oxidation sites excluding steroid dienone is 1. The van der Waals surface area contributed by atoms with Gasteiger partial charge in [-0.15, -0.1) is 0 Å². The normalized spacial score (nSPS) is 16.1. The second kappa shape index (κ2) is 7.96. The molecule has 192 valence electrons. The molecular formula is C40H27N. The van der Waals surface area contributed by atoms with Crippen molar-refractivity contribution in [2.24, 2.45) is 0 Å². The number of hydrogen-bond donors (Lipinski definition) is 0. The Kier molecular flexibility index (Phi) is 4.40. The number of hydrogen-bond acceptors (Lipinski definition) is 0. The van der Waals surface area contributed by atoms with E-state index in [1.807, 2.05) is 0 Å². The monoisotopic (exact) mass is 521 g/mol. The van der Waals surface area contributed by atoms with Crippen LogP contribution in [0.3, 0.4) is 0 Å². The van der Waals surface area contributed by atoms with Crippen LogP contribution in [0.4, 0.5) is 0 Å². The fourth-order valence-corrected chi connectivity index (χ4v) is 7.73. The van der Waals surface area contributed by atoms with Crippen molar-refractivity contribution in [1.29, 1.82) is 0 Å². The zero-order valence-corrected chi connectivity index (χ0v) is 22.9. The molecule has 0 fully saturated rings. The van der Waals surface area contributed by atoms with Gasteiger partial charge in [-0.2, -0.15) is 0 Å². The second-order valence-electron chi connectivity index (χ2n) is 11.5. The summed E-state index contributed by atoms with van der Waals surface area (Å²) in [7, 11) is 0.